The number of likely N-dealkylation sites (tertiary alicyclic amines) is 1. The summed E-state index contributed by atoms with van der Waals surface area (Å²) in [6.07, 6.45) is 0.619. The number of non-ortho nitro benzene ring substituents is 1. The average molecular weight is 401 g/mol. The van der Waals surface area contributed by atoms with Crippen LogP contribution in [0.2, 0.25) is 5.02 Å². The first-order valence-corrected chi connectivity index (χ1v) is 9.01. The highest BCUT2D eigenvalue weighted by Crippen LogP contribution is 2.40. The summed E-state index contributed by atoms with van der Waals surface area (Å²) in [5, 5.41) is 22.3. The zero-order chi connectivity index (χ0) is 20.4. The van der Waals surface area contributed by atoms with Crippen molar-refractivity contribution in [1.82, 2.24) is 4.90 Å². The van der Waals surface area contributed by atoms with Gasteiger partial charge in [0.15, 0.2) is 0 Å². The van der Waals surface area contributed by atoms with Crippen LogP contribution in [0.3, 0.4) is 0 Å². The molecule has 0 radical (unpaired) electrons. The van der Waals surface area contributed by atoms with Gasteiger partial charge < -0.3 is 10.0 Å². The van der Waals surface area contributed by atoms with Gasteiger partial charge >= 0.3 is 0 Å². The number of Topliss-reactive ketones (excluding diaryl/α,β-unsaturated/α-hetero) is 1. The topological polar surface area (TPSA) is 101 Å². The smallest absolute Gasteiger partial charge is 0.295 e. The Labute approximate surface area is 166 Å². The SMILES string of the molecule is CCCN1C(=O)C(=O)/C(=C(\O)c2cccc([N+](=O)[O-])c2)C1c1ccc(Cl)cc1. The second kappa shape index (κ2) is 7.82. The fourth-order valence-electron chi connectivity index (χ4n) is 3.27. The normalized spacial score (nSPS) is 18.5. The van der Waals surface area contributed by atoms with Gasteiger partial charge in [0.25, 0.3) is 17.4 Å². The van der Waals surface area contributed by atoms with E-state index in [9.17, 15) is 24.8 Å². The van der Waals surface area contributed by atoms with Crippen LogP contribution in [0.4, 0.5) is 5.69 Å². The molecule has 0 aromatic heterocycles. The second-order valence-corrected chi connectivity index (χ2v) is 6.79. The van der Waals surface area contributed by atoms with Crippen LogP contribution in [0.1, 0.15) is 30.5 Å². The Morgan fingerprint density at radius 3 is 2.50 bits per heavy atom. The highest BCUT2D eigenvalue weighted by Gasteiger charge is 2.45. The maximum absolute atomic E-state index is 12.7. The standard InChI is InChI=1S/C20H17ClN2O5/c1-2-10-22-17(12-6-8-14(21)9-7-12)16(19(25)20(22)26)18(24)13-4-3-5-15(11-13)23(27)28/h3-9,11,17,24H,2,10H2,1H3/b18-16-. The molecule has 1 heterocycles. The molecule has 0 aliphatic carbocycles. The van der Waals surface area contributed by atoms with Gasteiger partial charge in [0.05, 0.1) is 16.5 Å². The first-order valence-electron chi connectivity index (χ1n) is 8.63. The van der Waals surface area contributed by atoms with Crippen molar-refractivity contribution in [3.05, 3.63) is 80.4 Å². The Morgan fingerprint density at radius 1 is 1.21 bits per heavy atom. The molecule has 1 amide bonds. The third-order valence-corrected chi connectivity index (χ3v) is 4.77. The van der Waals surface area contributed by atoms with Crippen LogP contribution in [0.5, 0.6) is 0 Å². The molecule has 1 aliphatic heterocycles. The van der Waals surface area contributed by atoms with Crippen molar-refractivity contribution in [3.63, 3.8) is 0 Å². The van der Waals surface area contributed by atoms with Crippen molar-refractivity contribution in [2.75, 3.05) is 6.54 Å². The molecule has 1 aliphatic rings. The molecule has 1 fully saturated rings. The van der Waals surface area contributed by atoms with Crippen LogP contribution >= 0.6 is 11.6 Å². The molecular formula is C20H17ClN2O5. The number of benzene rings is 2. The van der Waals surface area contributed by atoms with E-state index in [-0.39, 0.29) is 16.8 Å². The molecule has 1 N–H and O–H groups in total. The Bertz CT molecular complexity index is 984. The number of ketones is 1. The fraction of sp³-hybridized carbons (Fsp3) is 0.200. The maximum atomic E-state index is 12.7. The molecule has 0 spiro atoms. The fourth-order valence-corrected chi connectivity index (χ4v) is 3.39. The minimum Gasteiger partial charge on any atom is -0.507 e. The average Bonchev–Trinajstić information content (AvgIpc) is 2.93. The van der Waals surface area contributed by atoms with Gasteiger partial charge in [0.2, 0.25) is 0 Å². The number of nitro groups is 1. The largest absolute Gasteiger partial charge is 0.507 e. The van der Waals surface area contributed by atoms with Crippen LogP contribution in [-0.2, 0) is 9.59 Å². The molecular weight excluding hydrogens is 384 g/mol. The molecule has 28 heavy (non-hydrogen) atoms. The summed E-state index contributed by atoms with van der Waals surface area (Å²) in [5.74, 6) is -1.98. The van der Waals surface area contributed by atoms with Crippen molar-refractivity contribution in [2.24, 2.45) is 0 Å². The number of aliphatic hydroxyl groups is 1. The number of hydrogen-bond acceptors (Lipinski definition) is 5. The second-order valence-electron chi connectivity index (χ2n) is 6.35. The van der Waals surface area contributed by atoms with E-state index in [1.807, 2.05) is 6.92 Å². The van der Waals surface area contributed by atoms with Gasteiger partial charge in [-0.1, -0.05) is 42.8 Å². The van der Waals surface area contributed by atoms with Crippen molar-refractivity contribution in [2.45, 2.75) is 19.4 Å². The molecule has 0 saturated carbocycles. The predicted molar refractivity (Wildman–Crippen MR) is 104 cm³/mol. The highest BCUT2D eigenvalue weighted by atomic mass is 35.5. The summed E-state index contributed by atoms with van der Waals surface area (Å²) in [5.41, 5.74) is 0.392. The van der Waals surface area contributed by atoms with Crippen molar-refractivity contribution < 1.29 is 19.6 Å². The molecule has 144 valence electrons. The lowest BCUT2D eigenvalue weighted by Crippen LogP contribution is -2.30. The number of halogens is 1. The molecule has 2 aromatic rings. The maximum Gasteiger partial charge on any atom is 0.295 e. The molecule has 1 atom stereocenters. The van der Waals surface area contributed by atoms with Gasteiger partial charge in [-0.3, -0.25) is 19.7 Å². The minimum atomic E-state index is -0.822. The van der Waals surface area contributed by atoms with Crippen LogP contribution in [0, 0.1) is 10.1 Å². The van der Waals surface area contributed by atoms with Crippen molar-refractivity contribution in [1.29, 1.82) is 0 Å². The Morgan fingerprint density at radius 2 is 1.89 bits per heavy atom. The zero-order valence-electron chi connectivity index (χ0n) is 15.0. The van der Waals surface area contributed by atoms with E-state index < -0.39 is 28.4 Å². The lowest BCUT2D eigenvalue weighted by Gasteiger charge is -2.24. The van der Waals surface area contributed by atoms with Gasteiger partial charge in [-0.2, -0.15) is 0 Å². The molecule has 8 heteroatoms. The number of amides is 1. The molecule has 1 saturated heterocycles. The van der Waals surface area contributed by atoms with E-state index in [1.165, 1.54) is 29.2 Å². The van der Waals surface area contributed by atoms with Gasteiger partial charge in [-0.05, 0) is 24.1 Å². The Balaban J connectivity index is 2.19. The summed E-state index contributed by atoms with van der Waals surface area (Å²) in [6, 6.07) is 11.2. The van der Waals surface area contributed by atoms with Crippen molar-refractivity contribution >= 4 is 34.7 Å². The number of aliphatic hydroxyl groups excluding tert-OH is 1. The number of hydrogen-bond donors (Lipinski definition) is 1. The van der Waals surface area contributed by atoms with E-state index in [1.54, 1.807) is 24.3 Å². The lowest BCUT2D eigenvalue weighted by atomic mass is 9.95. The molecule has 2 aromatic carbocycles. The molecule has 1 unspecified atom stereocenters. The third-order valence-electron chi connectivity index (χ3n) is 4.52. The van der Waals surface area contributed by atoms with Crippen molar-refractivity contribution in [3.8, 4) is 0 Å². The number of carbonyl (C=O) groups excluding carboxylic acids is 2. The van der Waals surface area contributed by atoms with Gasteiger partial charge in [-0.25, -0.2) is 0 Å². The highest BCUT2D eigenvalue weighted by molar-refractivity contribution is 6.46. The summed E-state index contributed by atoms with van der Waals surface area (Å²) >= 11 is 5.94. The van der Waals surface area contributed by atoms with Crippen LogP contribution in [-0.4, -0.2) is 33.2 Å². The van der Waals surface area contributed by atoms with E-state index in [0.29, 0.717) is 23.6 Å². The Hall–Kier alpha value is -3.19. The van der Waals surface area contributed by atoms with E-state index in [2.05, 4.69) is 0 Å². The van der Waals surface area contributed by atoms with Gasteiger partial charge in [0.1, 0.15) is 5.76 Å². The third kappa shape index (κ3) is 3.48. The number of rotatable bonds is 5. The number of carbonyl (C=O) groups is 2. The molecule has 3 rings (SSSR count). The monoisotopic (exact) mass is 400 g/mol. The van der Waals surface area contributed by atoms with E-state index in [0.717, 1.165) is 0 Å². The zero-order valence-corrected chi connectivity index (χ0v) is 15.7. The summed E-state index contributed by atoms with van der Waals surface area (Å²) < 4.78 is 0. The summed E-state index contributed by atoms with van der Waals surface area (Å²) in [7, 11) is 0. The van der Waals surface area contributed by atoms with Crippen LogP contribution in [0.25, 0.3) is 5.76 Å². The first kappa shape index (κ1) is 19.6. The number of nitro benzene ring substituents is 1. The number of nitrogens with zero attached hydrogens (tertiary/aromatic N) is 2. The van der Waals surface area contributed by atoms with E-state index in [4.69, 9.17) is 11.6 Å². The summed E-state index contributed by atoms with van der Waals surface area (Å²) in [6.45, 7) is 2.20. The van der Waals surface area contributed by atoms with Crippen LogP contribution < -0.4 is 0 Å². The quantitative estimate of drug-likeness (QED) is 0.268. The van der Waals surface area contributed by atoms with Crippen LogP contribution in [0.15, 0.2) is 54.1 Å². The lowest BCUT2D eigenvalue weighted by molar-refractivity contribution is -0.384. The van der Waals surface area contributed by atoms with E-state index >= 15 is 0 Å². The minimum absolute atomic E-state index is 0.0960. The predicted octanol–water partition coefficient (Wildman–Crippen LogP) is 4.08. The van der Waals surface area contributed by atoms with Gasteiger partial charge in [0, 0.05) is 29.3 Å². The van der Waals surface area contributed by atoms with Gasteiger partial charge in [-0.15, -0.1) is 0 Å². The Kier molecular flexibility index (Phi) is 5.46. The molecule has 7 nitrogen and oxygen atoms in total. The molecule has 0 bridgehead atoms. The summed E-state index contributed by atoms with van der Waals surface area (Å²) in [4.78, 5) is 37.1. The first-order chi connectivity index (χ1) is 13.3.